The molecule has 7 heteroatoms. The minimum atomic E-state index is -0.296. The van der Waals surface area contributed by atoms with E-state index in [4.69, 9.17) is 9.26 Å². The van der Waals surface area contributed by atoms with Gasteiger partial charge in [0.25, 0.3) is 5.91 Å². The zero-order valence-electron chi connectivity index (χ0n) is 15.4. The Hall–Kier alpha value is -3.09. The van der Waals surface area contributed by atoms with Gasteiger partial charge in [-0.15, -0.1) is 0 Å². The van der Waals surface area contributed by atoms with Gasteiger partial charge in [0.1, 0.15) is 12.4 Å². The second-order valence-corrected chi connectivity index (χ2v) is 6.28. The SMILES string of the molecule is Cc1cccc(C)c1OCc1cc(C(=O)NCc2cn(C)nc2C)no1. The number of aromatic nitrogens is 3. The van der Waals surface area contributed by atoms with E-state index in [-0.39, 0.29) is 18.2 Å². The number of carbonyl (C=O) groups is 1. The van der Waals surface area contributed by atoms with Gasteiger partial charge in [0.2, 0.25) is 0 Å². The van der Waals surface area contributed by atoms with Gasteiger partial charge in [0, 0.05) is 31.4 Å². The van der Waals surface area contributed by atoms with Crippen LogP contribution in [0.2, 0.25) is 0 Å². The van der Waals surface area contributed by atoms with Crippen LogP contribution in [-0.4, -0.2) is 20.8 Å². The molecule has 0 aliphatic carbocycles. The number of hydrogen-bond acceptors (Lipinski definition) is 5. The van der Waals surface area contributed by atoms with E-state index in [1.165, 1.54) is 0 Å². The van der Waals surface area contributed by atoms with Crippen LogP contribution >= 0.6 is 0 Å². The van der Waals surface area contributed by atoms with Crippen LogP contribution in [0.25, 0.3) is 0 Å². The fourth-order valence-corrected chi connectivity index (χ4v) is 2.75. The summed E-state index contributed by atoms with van der Waals surface area (Å²) in [5.41, 5.74) is 4.17. The number of carbonyl (C=O) groups excluding carboxylic acids is 1. The first kappa shape index (κ1) is 17.7. The quantitative estimate of drug-likeness (QED) is 0.736. The van der Waals surface area contributed by atoms with Crippen LogP contribution in [0.1, 0.15) is 38.6 Å². The summed E-state index contributed by atoms with van der Waals surface area (Å²) in [6.45, 7) is 6.48. The van der Waals surface area contributed by atoms with Crippen molar-refractivity contribution in [1.29, 1.82) is 0 Å². The van der Waals surface area contributed by atoms with Crippen molar-refractivity contribution in [3.63, 3.8) is 0 Å². The van der Waals surface area contributed by atoms with E-state index in [9.17, 15) is 4.79 Å². The normalized spacial score (nSPS) is 10.8. The number of nitrogens with one attached hydrogen (secondary N) is 1. The first-order valence-corrected chi connectivity index (χ1v) is 8.36. The molecule has 0 unspecified atom stereocenters. The number of hydrogen-bond donors (Lipinski definition) is 1. The maximum atomic E-state index is 12.2. The second kappa shape index (κ2) is 7.43. The number of rotatable bonds is 6. The zero-order valence-corrected chi connectivity index (χ0v) is 15.4. The molecule has 1 N–H and O–H groups in total. The van der Waals surface area contributed by atoms with Crippen LogP contribution < -0.4 is 10.1 Å². The van der Waals surface area contributed by atoms with Crippen LogP contribution in [0, 0.1) is 20.8 Å². The molecule has 0 atom stereocenters. The Kier molecular flexibility index (Phi) is 5.06. The van der Waals surface area contributed by atoms with Gasteiger partial charge in [-0.1, -0.05) is 23.4 Å². The summed E-state index contributed by atoms with van der Waals surface area (Å²) in [6, 6.07) is 7.56. The van der Waals surface area contributed by atoms with Gasteiger partial charge >= 0.3 is 0 Å². The summed E-state index contributed by atoms with van der Waals surface area (Å²) in [6.07, 6.45) is 1.88. The molecule has 7 nitrogen and oxygen atoms in total. The van der Waals surface area contributed by atoms with Gasteiger partial charge in [-0.3, -0.25) is 9.48 Å². The Balaban J connectivity index is 1.58. The maximum Gasteiger partial charge on any atom is 0.273 e. The smallest absolute Gasteiger partial charge is 0.273 e. The van der Waals surface area contributed by atoms with Crippen LogP contribution in [0.5, 0.6) is 5.75 Å². The lowest BCUT2D eigenvalue weighted by molar-refractivity contribution is 0.0941. The molecule has 0 spiro atoms. The van der Waals surface area contributed by atoms with E-state index >= 15 is 0 Å². The molecule has 26 heavy (non-hydrogen) atoms. The van der Waals surface area contributed by atoms with Gasteiger partial charge in [0.15, 0.2) is 11.5 Å². The topological polar surface area (TPSA) is 82.2 Å². The molecule has 0 radical (unpaired) electrons. The molecule has 1 aromatic carbocycles. The van der Waals surface area contributed by atoms with Gasteiger partial charge in [-0.2, -0.15) is 5.10 Å². The number of benzene rings is 1. The largest absolute Gasteiger partial charge is 0.485 e. The lowest BCUT2D eigenvalue weighted by atomic mass is 10.1. The summed E-state index contributed by atoms with van der Waals surface area (Å²) >= 11 is 0. The highest BCUT2D eigenvalue weighted by Crippen LogP contribution is 2.23. The molecule has 0 bridgehead atoms. The minimum absolute atomic E-state index is 0.216. The first-order valence-electron chi connectivity index (χ1n) is 8.36. The van der Waals surface area contributed by atoms with Gasteiger partial charge in [-0.25, -0.2) is 0 Å². The van der Waals surface area contributed by atoms with Crippen molar-refractivity contribution in [3.05, 3.63) is 64.3 Å². The Bertz CT molecular complexity index is 907. The van der Waals surface area contributed by atoms with Crippen molar-refractivity contribution in [2.75, 3.05) is 0 Å². The summed E-state index contributed by atoms with van der Waals surface area (Å²) in [7, 11) is 1.85. The molecule has 0 aliphatic rings. The fraction of sp³-hybridized carbons (Fsp3) is 0.316. The number of para-hydroxylation sites is 1. The number of ether oxygens (including phenoxy) is 1. The molecular formula is C19H22N4O3. The summed E-state index contributed by atoms with van der Waals surface area (Å²) in [4.78, 5) is 12.2. The minimum Gasteiger partial charge on any atom is -0.485 e. The third-order valence-corrected chi connectivity index (χ3v) is 4.11. The number of amides is 1. The van der Waals surface area contributed by atoms with Crippen molar-refractivity contribution >= 4 is 5.91 Å². The van der Waals surface area contributed by atoms with Gasteiger partial charge in [-0.05, 0) is 31.9 Å². The van der Waals surface area contributed by atoms with Crippen molar-refractivity contribution in [1.82, 2.24) is 20.3 Å². The van der Waals surface area contributed by atoms with Crippen LogP contribution in [-0.2, 0) is 20.2 Å². The number of aryl methyl sites for hydroxylation is 4. The average molecular weight is 354 g/mol. The van der Waals surface area contributed by atoms with Crippen molar-refractivity contribution in [3.8, 4) is 5.75 Å². The summed E-state index contributed by atoms with van der Waals surface area (Å²) < 4.78 is 12.8. The molecule has 1 amide bonds. The van der Waals surface area contributed by atoms with Crippen molar-refractivity contribution in [2.45, 2.75) is 33.9 Å². The van der Waals surface area contributed by atoms with E-state index in [0.29, 0.717) is 12.3 Å². The molecule has 2 heterocycles. The third-order valence-electron chi connectivity index (χ3n) is 4.11. The lowest BCUT2D eigenvalue weighted by Gasteiger charge is -2.09. The second-order valence-electron chi connectivity index (χ2n) is 6.28. The Morgan fingerprint density at radius 1 is 1.27 bits per heavy atom. The fourth-order valence-electron chi connectivity index (χ4n) is 2.75. The predicted octanol–water partition coefficient (Wildman–Crippen LogP) is 2.84. The average Bonchev–Trinajstić information content (AvgIpc) is 3.18. The highest BCUT2D eigenvalue weighted by Gasteiger charge is 2.14. The summed E-state index contributed by atoms with van der Waals surface area (Å²) in [5, 5.41) is 10.9. The molecule has 0 fully saturated rings. The molecule has 3 aromatic rings. The van der Waals surface area contributed by atoms with E-state index in [2.05, 4.69) is 15.6 Å². The predicted molar refractivity (Wildman–Crippen MR) is 95.9 cm³/mol. The molecule has 2 aromatic heterocycles. The van der Waals surface area contributed by atoms with E-state index in [1.807, 2.05) is 52.2 Å². The van der Waals surface area contributed by atoms with E-state index in [1.54, 1.807) is 10.7 Å². The van der Waals surface area contributed by atoms with Crippen LogP contribution in [0.3, 0.4) is 0 Å². The van der Waals surface area contributed by atoms with Crippen molar-refractivity contribution < 1.29 is 14.1 Å². The number of nitrogens with zero attached hydrogens (tertiary/aromatic N) is 3. The zero-order chi connectivity index (χ0) is 18.7. The maximum absolute atomic E-state index is 12.2. The van der Waals surface area contributed by atoms with E-state index < -0.39 is 0 Å². The molecular weight excluding hydrogens is 332 g/mol. The van der Waals surface area contributed by atoms with Gasteiger partial charge in [0.05, 0.1) is 5.69 Å². The lowest BCUT2D eigenvalue weighted by Crippen LogP contribution is -2.23. The van der Waals surface area contributed by atoms with Crippen LogP contribution in [0.4, 0.5) is 0 Å². The molecule has 0 aliphatic heterocycles. The highest BCUT2D eigenvalue weighted by atomic mass is 16.5. The van der Waals surface area contributed by atoms with Crippen molar-refractivity contribution in [2.24, 2.45) is 7.05 Å². The molecule has 136 valence electrons. The standard InChI is InChI=1S/C19H22N4O3/c1-12-6-5-7-13(2)18(12)25-11-16-8-17(22-26-16)19(24)20-9-15-10-23(4)21-14(15)3/h5-8,10H,9,11H2,1-4H3,(H,20,24). The van der Waals surface area contributed by atoms with Gasteiger partial charge < -0.3 is 14.6 Å². The van der Waals surface area contributed by atoms with Crippen LogP contribution in [0.15, 0.2) is 35.0 Å². The Labute approximate surface area is 151 Å². The first-order chi connectivity index (χ1) is 12.4. The Morgan fingerprint density at radius 2 is 2.00 bits per heavy atom. The monoisotopic (exact) mass is 354 g/mol. The highest BCUT2D eigenvalue weighted by molar-refractivity contribution is 5.92. The molecule has 3 rings (SSSR count). The van der Waals surface area contributed by atoms with E-state index in [0.717, 1.165) is 28.1 Å². The summed E-state index contributed by atoms with van der Waals surface area (Å²) in [5.74, 6) is 1.02. The Morgan fingerprint density at radius 3 is 2.65 bits per heavy atom. The third kappa shape index (κ3) is 3.93. The molecule has 0 saturated heterocycles. The molecule has 0 saturated carbocycles.